The van der Waals surface area contributed by atoms with Crippen LogP contribution in [-0.2, 0) is 9.53 Å². The Bertz CT molecular complexity index is 714. The highest BCUT2D eigenvalue weighted by Gasteiger charge is 2.59. The molecule has 0 aromatic heterocycles. The summed E-state index contributed by atoms with van der Waals surface area (Å²) in [4.78, 5) is 11.8. The maximum Gasteiger partial charge on any atom is 0.316 e. The van der Waals surface area contributed by atoms with E-state index in [1.54, 1.807) is 5.57 Å². The van der Waals surface area contributed by atoms with Crippen LogP contribution in [-0.4, -0.2) is 17.4 Å². The van der Waals surface area contributed by atoms with E-state index >= 15 is 0 Å². The minimum Gasteiger partial charge on any atom is -0.461 e. The lowest BCUT2D eigenvalue weighted by Crippen LogP contribution is -2.51. The molecule has 4 aliphatic carbocycles. The lowest BCUT2D eigenvalue weighted by molar-refractivity contribution is -0.148. The van der Waals surface area contributed by atoms with Gasteiger partial charge in [-0.2, -0.15) is 0 Å². The molecule has 4 rings (SSSR count). The summed E-state index contributed by atoms with van der Waals surface area (Å²) >= 11 is 3.24. The van der Waals surface area contributed by atoms with Gasteiger partial charge in [0.15, 0.2) is 0 Å². The van der Waals surface area contributed by atoms with Crippen molar-refractivity contribution in [2.75, 3.05) is 5.33 Å². The average Bonchev–Trinajstić information content (AvgIpc) is 3.11. The van der Waals surface area contributed by atoms with Crippen molar-refractivity contribution in [1.29, 1.82) is 0 Å². The van der Waals surface area contributed by atoms with Gasteiger partial charge in [-0.05, 0) is 91.3 Å². The second kappa shape index (κ2) is 9.74. The fraction of sp³-hybridized carbons (Fsp3) is 0.897. The number of carbonyl (C=O) groups is 1. The first-order valence-corrected chi connectivity index (χ1v) is 14.8. The van der Waals surface area contributed by atoms with Crippen molar-refractivity contribution in [3.63, 3.8) is 0 Å². The van der Waals surface area contributed by atoms with E-state index < -0.39 is 0 Å². The number of alkyl halides is 1. The predicted molar refractivity (Wildman–Crippen MR) is 137 cm³/mol. The Morgan fingerprint density at radius 3 is 2.59 bits per heavy atom. The van der Waals surface area contributed by atoms with Crippen molar-refractivity contribution in [3.8, 4) is 0 Å². The smallest absolute Gasteiger partial charge is 0.316 e. The number of rotatable bonds is 7. The maximum absolute atomic E-state index is 11.8. The van der Waals surface area contributed by atoms with E-state index in [1.165, 1.54) is 57.8 Å². The number of allylic oxidation sites excluding steroid dienone is 1. The molecule has 0 aromatic rings. The third kappa shape index (κ3) is 4.50. The molecule has 0 amide bonds. The highest BCUT2D eigenvalue weighted by atomic mass is 79.9. The van der Waals surface area contributed by atoms with E-state index in [0.717, 1.165) is 48.3 Å². The van der Waals surface area contributed by atoms with Crippen molar-refractivity contribution in [3.05, 3.63) is 11.6 Å². The van der Waals surface area contributed by atoms with Crippen LogP contribution in [0.15, 0.2) is 11.6 Å². The van der Waals surface area contributed by atoms with Crippen LogP contribution >= 0.6 is 15.9 Å². The van der Waals surface area contributed by atoms with Crippen LogP contribution in [0.1, 0.15) is 105 Å². The molecule has 182 valence electrons. The minimum absolute atomic E-state index is 0.0901. The van der Waals surface area contributed by atoms with E-state index in [4.69, 9.17) is 4.74 Å². The van der Waals surface area contributed by atoms with E-state index in [1.807, 2.05) is 0 Å². The van der Waals surface area contributed by atoms with Crippen LogP contribution in [0.25, 0.3) is 0 Å². The van der Waals surface area contributed by atoms with E-state index in [0.29, 0.717) is 16.2 Å². The molecule has 2 nitrogen and oxygen atoms in total. The van der Waals surface area contributed by atoms with Gasteiger partial charge in [-0.25, -0.2) is 0 Å². The topological polar surface area (TPSA) is 26.3 Å². The minimum atomic E-state index is -0.110. The number of hydrogen-bond acceptors (Lipinski definition) is 2. The second-order valence-corrected chi connectivity index (χ2v) is 13.3. The molecule has 4 aliphatic rings. The number of carbonyl (C=O) groups excluding carboxylic acids is 1. The third-order valence-electron chi connectivity index (χ3n) is 10.7. The summed E-state index contributed by atoms with van der Waals surface area (Å²) in [6.07, 6.45) is 17.1. The zero-order valence-electron chi connectivity index (χ0n) is 21.3. The monoisotopic (exact) mass is 506 g/mol. The highest BCUT2D eigenvalue weighted by molar-refractivity contribution is 9.09. The van der Waals surface area contributed by atoms with Gasteiger partial charge in [-0.1, -0.05) is 81.5 Å². The quantitative estimate of drug-likeness (QED) is 0.197. The number of esters is 1. The average molecular weight is 508 g/mol. The van der Waals surface area contributed by atoms with Gasteiger partial charge in [0.05, 0.1) is 0 Å². The van der Waals surface area contributed by atoms with Gasteiger partial charge < -0.3 is 4.74 Å². The van der Waals surface area contributed by atoms with Crippen molar-refractivity contribution >= 4 is 21.9 Å². The number of hydrogen-bond donors (Lipinski definition) is 0. The fourth-order valence-corrected chi connectivity index (χ4v) is 9.10. The predicted octanol–water partition coefficient (Wildman–Crippen LogP) is 8.33. The Morgan fingerprint density at radius 2 is 1.88 bits per heavy atom. The standard InChI is InChI=1S/C29H47BrO2/c1-19(2)7-6-8-20(3)24-11-12-25-23-10-9-21-17-22(32-27(31)18-30)13-15-28(21,4)26(23)14-16-29(24,25)5/h9,19-20,22-26H,6-8,10-18H2,1-5H3/t20-,22+,23-,24+,25-,26-,28-,29+/m0/s1. The summed E-state index contributed by atoms with van der Waals surface area (Å²) in [5, 5.41) is 0.307. The molecule has 3 heteroatoms. The summed E-state index contributed by atoms with van der Waals surface area (Å²) < 4.78 is 5.72. The first kappa shape index (κ1) is 24.8. The van der Waals surface area contributed by atoms with Gasteiger partial charge in [0, 0.05) is 6.42 Å². The summed E-state index contributed by atoms with van der Waals surface area (Å²) in [7, 11) is 0. The maximum atomic E-state index is 11.8. The molecular formula is C29H47BrO2. The summed E-state index contributed by atoms with van der Waals surface area (Å²) in [6, 6.07) is 0. The Hall–Kier alpha value is -0.310. The van der Waals surface area contributed by atoms with Crippen LogP contribution in [0.3, 0.4) is 0 Å². The fourth-order valence-electron chi connectivity index (χ4n) is 8.97. The normalized spacial score (nSPS) is 42.0. The van der Waals surface area contributed by atoms with E-state index in [-0.39, 0.29) is 12.1 Å². The first-order chi connectivity index (χ1) is 15.2. The molecule has 3 fully saturated rings. The number of fused-ring (bicyclic) bond motifs is 5. The zero-order chi connectivity index (χ0) is 23.1. The SMILES string of the molecule is CC(C)CCC[C@H](C)[C@H]1CC[C@H]2[C@@H]3CC=C4C[C@H](OC(=O)CBr)CC[C@]4(C)[C@H]3CC[C@]12C. The van der Waals surface area contributed by atoms with Crippen LogP contribution in [0.2, 0.25) is 0 Å². The van der Waals surface area contributed by atoms with Gasteiger partial charge in [0.1, 0.15) is 11.4 Å². The molecule has 0 radical (unpaired) electrons. The van der Waals surface area contributed by atoms with Crippen molar-refractivity contribution in [1.82, 2.24) is 0 Å². The second-order valence-electron chi connectivity index (χ2n) is 12.8. The van der Waals surface area contributed by atoms with Crippen LogP contribution in [0.5, 0.6) is 0 Å². The van der Waals surface area contributed by atoms with Crippen molar-refractivity contribution in [2.24, 2.45) is 46.3 Å². The largest absolute Gasteiger partial charge is 0.461 e. The van der Waals surface area contributed by atoms with E-state index in [9.17, 15) is 4.79 Å². The summed E-state index contributed by atoms with van der Waals surface area (Å²) in [6.45, 7) is 12.5. The molecule has 0 saturated heterocycles. The van der Waals surface area contributed by atoms with Gasteiger partial charge in [-0.15, -0.1) is 0 Å². The van der Waals surface area contributed by atoms with Crippen molar-refractivity contribution in [2.45, 2.75) is 111 Å². The van der Waals surface area contributed by atoms with Gasteiger partial charge in [0.2, 0.25) is 0 Å². The molecule has 0 aliphatic heterocycles. The molecule has 0 aromatic carbocycles. The summed E-state index contributed by atoms with van der Waals surface area (Å²) in [5.74, 6) is 5.16. The Kier molecular flexibility index (Phi) is 7.55. The van der Waals surface area contributed by atoms with Gasteiger partial charge >= 0.3 is 5.97 Å². The Labute approximate surface area is 205 Å². The lowest BCUT2D eigenvalue weighted by Gasteiger charge is -2.58. The van der Waals surface area contributed by atoms with E-state index in [2.05, 4.69) is 56.6 Å². The molecule has 0 heterocycles. The molecular weight excluding hydrogens is 460 g/mol. The summed E-state index contributed by atoms with van der Waals surface area (Å²) in [5.41, 5.74) is 2.50. The molecule has 0 unspecified atom stereocenters. The Balaban J connectivity index is 1.45. The van der Waals surface area contributed by atoms with Gasteiger partial charge in [0.25, 0.3) is 0 Å². The molecule has 3 saturated carbocycles. The molecule has 0 spiro atoms. The Morgan fingerprint density at radius 1 is 1.09 bits per heavy atom. The third-order valence-corrected chi connectivity index (χ3v) is 11.1. The van der Waals surface area contributed by atoms with Gasteiger partial charge in [-0.3, -0.25) is 4.79 Å². The lowest BCUT2D eigenvalue weighted by atomic mass is 9.47. The molecule has 0 N–H and O–H groups in total. The highest BCUT2D eigenvalue weighted by Crippen LogP contribution is 2.67. The van der Waals surface area contributed by atoms with Crippen LogP contribution in [0.4, 0.5) is 0 Å². The molecule has 8 atom stereocenters. The van der Waals surface area contributed by atoms with Crippen LogP contribution < -0.4 is 0 Å². The molecule has 32 heavy (non-hydrogen) atoms. The molecule has 0 bridgehead atoms. The number of ether oxygens (including phenoxy) is 1. The van der Waals surface area contributed by atoms with Crippen LogP contribution in [0, 0.1) is 46.3 Å². The zero-order valence-corrected chi connectivity index (χ0v) is 22.9. The first-order valence-electron chi connectivity index (χ1n) is 13.6. The number of halogens is 1. The van der Waals surface area contributed by atoms with Crippen molar-refractivity contribution < 1.29 is 9.53 Å².